The van der Waals surface area contributed by atoms with Crippen molar-refractivity contribution in [1.29, 1.82) is 0 Å². The Bertz CT molecular complexity index is 589. The summed E-state index contributed by atoms with van der Waals surface area (Å²) >= 11 is 0. The second-order valence-corrected chi connectivity index (χ2v) is 6.18. The van der Waals surface area contributed by atoms with E-state index in [-0.39, 0.29) is 17.9 Å². The number of aliphatic hydroxyl groups excluding tert-OH is 1. The molecular formula is C17H23N3O2. The number of hydrogen-bond donors (Lipinski definition) is 2. The van der Waals surface area contributed by atoms with Crippen LogP contribution in [0.5, 0.6) is 0 Å². The number of rotatable bonds is 7. The van der Waals surface area contributed by atoms with Crippen LogP contribution in [0.25, 0.3) is 5.69 Å². The van der Waals surface area contributed by atoms with Crippen molar-refractivity contribution >= 4 is 5.91 Å². The highest BCUT2D eigenvalue weighted by Gasteiger charge is 2.15. The third-order valence-corrected chi connectivity index (χ3v) is 3.64. The molecule has 118 valence electrons. The number of hydrogen-bond acceptors (Lipinski definition) is 3. The molecule has 0 fully saturated rings. The van der Waals surface area contributed by atoms with Crippen molar-refractivity contribution in [3.8, 4) is 5.69 Å². The Hall–Kier alpha value is -2.14. The Labute approximate surface area is 131 Å². The zero-order valence-electron chi connectivity index (χ0n) is 13.1. The monoisotopic (exact) mass is 301 g/mol. The molecule has 0 aliphatic heterocycles. The normalized spacial score (nSPS) is 11.4. The smallest absolute Gasteiger partial charge is 0.251 e. The van der Waals surface area contributed by atoms with E-state index in [4.69, 9.17) is 0 Å². The van der Waals surface area contributed by atoms with Gasteiger partial charge in [-0.2, -0.15) is 5.10 Å². The van der Waals surface area contributed by atoms with Gasteiger partial charge in [-0.1, -0.05) is 13.8 Å². The second kappa shape index (κ2) is 7.22. The minimum absolute atomic E-state index is 0.0752. The molecule has 0 unspecified atom stereocenters. The van der Waals surface area contributed by atoms with E-state index in [0.717, 1.165) is 18.5 Å². The summed E-state index contributed by atoms with van der Waals surface area (Å²) in [4.78, 5) is 12.1. The molecule has 5 nitrogen and oxygen atoms in total. The molecule has 0 atom stereocenters. The van der Waals surface area contributed by atoms with Crippen LogP contribution in [0.4, 0.5) is 0 Å². The number of aromatic nitrogens is 2. The summed E-state index contributed by atoms with van der Waals surface area (Å²) in [5.74, 6) is -0.0752. The fourth-order valence-corrected chi connectivity index (χ4v) is 2.14. The topological polar surface area (TPSA) is 67.2 Å². The molecule has 2 rings (SSSR count). The quantitative estimate of drug-likeness (QED) is 0.772. The lowest BCUT2D eigenvalue weighted by Crippen LogP contribution is -2.26. The van der Waals surface area contributed by atoms with Crippen LogP contribution in [-0.2, 0) is 0 Å². The van der Waals surface area contributed by atoms with Gasteiger partial charge >= 0.3 is 0 Å². The van der Waals surface area contributed by atoms with Gasteiger partial charge in [0.05, 0.1) is 5.69 Å². The number of carbonyl (C=O) groups excluding carboxylic acids is 1. The highest BCUT2D eigenvalue weighted by Crippen LogP contribution is 2.20. The maximum absolute atomic E-state index is 12.1. The van der Waals surface area contributed by atoms with Crippen molar-refractivity contribution in [3.63, 3.8) is 0 Å². The Morgan fingerprint density at radius 2 is 2.05 bits per heavy atom. The Balaban J connectivity index is 1.83. The number of benzene rings is 1. The van der Waals surface area contributed by atoms with Crippen molar-refractivity contribution in [1.82, 2.24) is 15.1 Å². The van der Waals surface area contributed by atoms with E-state index in [0.29, 0.717) is 12.1 Å². The largest absolute Gasteiger partial charge is 0.396 e. The van der Waals surface area contributed by atoms with Gasteiger partial charge in [0.15, 0.2) is 0 Å². The fraction of sp³-hybridized carbons (Fsp3) is 0.412. The van der Waals surface area contributed by atoms with Crippen LogP contribution >= 0.6 is 0 Å². The zero-order chi connectivity index (χ0) is 16.0. The van der Waals surface area contributed by atoms with Crippen LogP contribution in [0.3, 0.4) is 0 Å². The molecule has 1 aromatic carbocycles. The van der Waals surface area contributed by atoms with E-state index in [1.165, 1.54) is 0 Å². The maximum atomic E-state index is 12.1. The van der Waals surface area contributed by atoms with E-state index < -0.39 is 0 Å². The van der Waals surface area contributed by atoms with Gasteiger partial charge in [-0.3, -0.25) is 4.79 Å². The number of carbonyl (C=O) groups is 1. The molecule has 0 bridgehead atoms. The van der Waals surface area contributed by atoms with E-state index in [2.05, 4.69) is 10.4 Å². The van der Waals surface area contributed by atoms with Gasteiger partial charge in [0.25, 0.3) is 5.91 Å². The standard InChI is InChI=1S/C17H23N3O2/c1-17(2,13-21)9-3-10-18-16(22)14-5-7-15(8-6-14)20-12-4-11-19-20/h4-8,11-12,21H,3,9-10,13H2,1-2H3,(H,18,22). The lowest BCUT2D eigenvalue weighted by atomic mass is 9.89. The lowest BCUT2D eigenvalue weighted by molar-refractivity contribution is 0.0948. The van der Waals surface area contributed by atoms with Gasteiger partial charge in [0.2, 0.25) is 0 Å². The summed E-state index contributed by atoms with van der Waals surface area (Å²) < 4.78 is 1.75. The molecule has 22 heavy (non-hydrogen) atoms. The van der Waals surface area contributed by atoms with Crippen molar-refractivity contribution in [2.75, 3.05) is 13.2 Å². The Kier molecular flexibility index (Phi) is 5.33. The molecule has 1 aromatic heterocycles. The third kappa shape index (κ3) is 4.43. The van der Waals surface area contributed by atoms with Crippen LogP contribution in [0.2, 0.25) is 0 Å². The minimum atomic E-state index is -0.0872. The predicted octanol–water partition coefficient (Wildman–Crippen LogP) is 2.40. The second-order valence-electron chi connectivity index (χ2n) is 6.18. The van der Waals surface area contributed by atoms with Gasteiger partial charge in [0.1, 0.15) is 0 Å². The first kappa shape index (κ1) is 16.2. The number of nitrogens with zero attached hydrogens (tertiary/aromatic N) is 2. The first-order valence-electron chi connectivity index (χ1n) is 7.51. The van der Waals surface area contributed by atoms with Gasteiger partial charge in [-0.25, -0.2) is 4.68 Å². The average Bonchev–Trinajstić information content (AvgIpc) is 3.06. The average molecular weight is 301 g/mol. The molecule has 0 spiro atoms. The highest BCUT2D eigenvalue weighted by atomic mass is 16.3. The highest BCUT2D eigenvalue weighted by molar-refractivity contribution is 5.94. The summed E-state index contributed by atoms with van der Waals surface area (Å²) in [6.07, 6.45) is 5.30. The van der Waals surface area contributed by atoms with E-state index >= 15 is 0 Å². The first-order chi connectivity index (χ1) is 10.5. The minimum Gasteiger partial charge on any atom is -0.396 e. The Morgan fingerprint density at radius 1 is 1.32 bits per heavy atom. The van der Waals surface area contributed by atoms with Gasteiger partial charge < -0.3 is 10.4 Å². The molecule has 0 aliphatic rings. The van der Waals surface area contributed by atoms with E-state index in [9.17, 15) is 9.90 Å². The van der Waals surface area contributed by atoms with E-state index in [1.807, 2.05) is 38.2 Å². The lowest BCUT2D eigenvalue weighted by Gasteiger charge is -2.21. The van der Waals surface area contributed by atoms with Crippen molar-refractivity contribution in [3.05, 3.63) is 48.3 Å². The summed E-state index contributed by atoms with van der Waals surface area (Å²) in [5, 5.41) is 16.2. The molecule has 0 saturated carbocycles. The first-order valence-corrected chi connectivity index (χ1v) is 7.51. The molecule has 0 aliphatic carbocycles. The van der Waals surface area contributed by atoms with Crippen molar-refractivity contribution in [2.24, 2.45) is 5.41 Å². The maximum Gasteiger partial charge on any atom is 0.251 e. The van der Waals surface area contributed by atoms with Crippen LogP contribution in [0, 0.1) is 5.41 Å². The van der Waals surface area contributed by atoms with Gasteiger partial charge in [-0.15, -0.1) is 0 Å². The van der Waals surface area contributed by atoms with Crippen LogP contribution in [0.15, 0.2) is 42.7 Å². The van der Waals surface area contributed by atoms with E-state index in [1.54, 1.807) is 23.0 Å². The molecule has 1 heterocycles. The fourth-order valence-electron chi connectivity index (χ4n) is 2.14. The van der Waals surface area contributed by atoms with Gasteiger partial charge in [-0.05, 0) is 48.6 Å². The number of amides is 1. The number of aliphatic hydroxyl groups is 1. The summed E-state index contributed by atoms with van der Waals surface area (Å²) in [5.41, 5.74) is 1.47. The summed E-state index contributed by atoms with van der Waals surface area (Å²) in [6, 6.07) is 9.19. The van der Waals surface area contributed by atoms with Crippen molar-refractivity contribution < 1.29 is 9.90 Å². The van der Waals surface area contributed by atoms with Crippen LogP contribution in [-0.4, -0.2) is 33.9 Å². The SMILES string of the molecule is CC(C)(CO)CCCNC(=O)c1ccc(-n2cccn2)cc1. The molecule has 1 amide bonds. The zero-order valence-corrected chi connectivity index (χ0v) is 13.1. The molecule has 2 aromatic rings. The number of nitrogens with one attached hydrogen (secondary N) is 1. The molecule has 5 heteroatoms. The van der Waals surface area contributed by atoms with Crippen LogP contribution < -0.4 is 5.32 Å². The Morgan fingerprint density at radius 3 is 2.64 bits per heavy atom. The summed E-state index contributed by atoms with van der Waals surface area (Å²) in [6.45, 7) is 4.81. The van der Waals surface area contributed by atoms with Crippen LogP contribution in [0.1, 0.15) is 37.0 Å². The molecular weight excluding hydrogens is 278 g/mol. The summed E-state index contributed by atoms with van der Waals surface area (Å²) in [7, 11) is 0. The molecule has 0 saturated heterocycles. The third-order valence-electron chi connectivity index (χ3n) is 3.64. The molecule has 2 N–H and O–H groups in total. The van der Waals surface area contributed by atoms with Crippen molar-refractivity contribution in [2.45, 2.75) is 26.7 Å². The van der Waals surface area contributed by atoms with Gasteiger partial charge in [0, 0.05) is 31.1 Å². The predicted molar refractivity (Wildman–Crippen MR) is 86.0 cm³/mol. The molecule has 0 radical (unpaired) electrons.